The zero-order chi connectivity index (χ0) is 18.9. The Labute approximate surface area is 141 Å². The van der Waals surface area contributed by atoms with Crippen LogP contribution in [0.3, 0.4) is 0 Å². The first kappa shape index (κ1) is 22.1. The molecule has 0 aliphatic heterocycles. The number of aliphatic carboxylic acids is 1. The van der Waals surface area contributed by atoms with Crippen LogP contribution in [0.5, 0.6) is 0 Å². The maximum atomic E-state index is 12.5. The molecule has 136 valence electrons. The average molecular weight is 373 g/mol. The maximum absolute atomic E-state index is 12.5. The SMILES string of the molecule is CCCCc1ccc(NC(=O)C(F)Cl)c(C)n1.O=C(O)C(F)(F)F. The Morgan fingerprint density at radius 1 is 1.38 bits per heavy atom. The molecule has 5 nitrogen and oxygen atoms in total. The monoisotopic (exact) mass is 372 g/mol. The Morgan fingerprint density at radius 3 is 2.29 bits per heavy atom. The third-order valence-electron chi connectivity index (χ3n) is 2.63. The highest BCUT2D eigenvalue weighted by Gasteiger charge is 2.38. The van der Waals surface area contributed by atoms with Crippen LogP contribution in [0.1, 0.15) is 31.2 Å². The van der Waals surface area contributed by atoms with E-state index in [0.29, 0.717) is 11.4 Å². The zero-order valence-corrected chi connectivity index (χ0v) is 13.7. The molecule has 0 aliphatic rings. The van der Waals surface area contributed by atoms with Gasteiger partial charge in [0.2, 0.25) is 0 Å². The third-order valence-corrected chi connectivity index (χ3v) is 2.83. The van der Waals surface area contributed by atoms with Gasteiger partial charge in [-0.15, -0.1) is 0 Å². The van der Waals surface area contributed by atoms with Crippen molar-refractivity contribution >= 4 is 29.2 Å². The van der Waals surface area contributed by atoms with Crippen molar-refractivity contribution in [3.8, 4) is 0 Å². The van der Waals surface area contributed by atoms with E-state index in [0.717, 1.165) is 25.0 Å². The Kier molecular flexibility index (Phi) is 9.27. The van der Waals surface area contributed by atoms with Crippen molar-refractivity contribution in [1.82, 2.24) is 4.98 Å². The number of aryl methyl sites for hydroxylation is 2. The van der Waals surface area contributed by atoms with Gasteiger partial charge in [-0.25, -0.2) is 9.18 Å². The number of halogens is 5. The molecule has 1 atom stereocenters. The predicted octanol–water partition coefficient (Wildman–Crippen LogP) is 3.84. The number of hydrogen-bond donors (Lipinski definition) is 2. The number of rotatable bonds is 5. The van der Waals surface area contributed by atoms with Crippen molar-refractivity contribution in [2.75, 3.05) is 5.32 Å². The van der Waals surface area contributed by atoms with E-state index in [1.807, 2.05) is 6.07 Å². The highest BCUT2D eigenvalue weighted by atomic mass is 35.5. The summed E-state index contributed by atoms with van der Waals surface area (Å²) in [5, 5.41) is 9.51. The van der Waals surface area contributed by atoms with Crippen LogP contribution >= 0.6 is 11.6 Å². The number of hydrogen-bond acceptors (Lipinski definition) is 3. The quantitative estimate of drug-likeness (QED) is 0.608. The fraction of sp³-hybridized carbons (Fsp3) is 0.500. The van der Waals surface area contributed by atoms with Crippen LogP contribution in [0.4, 0.5) is 23.2 Å². The van der Waals surface area contributed by atoms with E-state index in [1.165, 1.54) is 0 Å². The second-order valence-corrected chi connectivity index (χ2v) is 5.02. The molecule has 1 rings (SSSR count). The molecule has 0 aromatic carbocycles. The fourth-order valence-electron chi connectivity index (χ4n) is 1.43. The van der Waals surface area contributed by atoms with Gasteiger partial charge in [0.25, 0.3) is 11.5 Å². The van der Waals surface area contributed by atoms with Crippen LogP contribution in [0.15, 0.2) is 12.1 Å². The molecule has 2 N–H and O–H groups in total. The van der Waals surface area contributed by atoms with E-state index >= 15 is 0 Å². The summed E-state index contributed by atoms with van der Waals surface area (Å²) >= 11 is 5.03. The Morgan fingerprint density at radius 2 is 1.92 bits per heavy atom. The minimum atomic E-state index is -5.08. The van der Waals surface area contributed by atoms with Crippen molar-refractivity contribution in [3.63, 3.8) is 0 Å². The van der Waals surface area contributed by atoms with Crippen molar-refractivity contribution < 1.29 is 32.3 Å². The smallest absolute Gasteiger partial charge is 0.475 e. The molecular weight excluding hydrogens is 356 g/mol. The molecule has 0 saturated heterocycles. The molecule has 1 aromatic rings. The van der Waals surface area contributed by atoms with Gasteiger partial charge in [0.05, 0.1) is 11.4 Å². The summed E-state index contributed by atoms with van der Waals surface area (Å²) in [4.78, 5) is 24.3. The number of carbonyl (C=O) groups excluding carboxylic acids is 1. The number of aromatic nitrogens is 1. The molecule has 1 unspecified atom stereocenters. The van der Waals surface area contributed by atoms with E-state index < -0.39 is 23.7 Å². The number of amides is 1. The molecule has 0 saturated carbocycles. The van der Waals surface area contributed by atoms with Crippen LogP contribution in [0.25, 0.3) is 0 Å². The lowest BCUT2D eigenvalue weighted by atomic mass is 10.1. The number of nitrogens with zero attached hydrogens (tertiary/aromatic N) is 1. The first-order valence-corrected chi connectivity index (χ1v) is 7.28. The first-order valence-electron chi connectivity index (χ1n) is 6.84. The molecule has 1 heterocycles. The Bertz CT molecular complexity index is 565. The summed E-state index contributed by atoms with van der Waals surface area (Å²) in [5.41, 5.74) is 0.113. The summed E-state index contributed by atoms with van der Waals surface area (Å²) in [5.74, 6) is -3.62. The summed E-state index contributed by atoms with van der Waals surface area (Å²) < 4.78 is 44.2. The summed E-state index contributed by atoms with van der Waals surface area (Å²) in [6, 6.07) is 3.56. The van der Waals surface area contributed by atoms with Crippen LogP contribution in [0.2, 0.25) is 0 Å². The Balaban J connectivity index is 0.000000640. The first-order chi connectivity index (χ1) is 11.0. The summed E-state index contributed by atoms with van der Waals surface area (Å²) in [7, 11) is 0. The van der Waals surface area contributed by atoms with Gasteiger partial charge >= 0.3 is 12.1 Å². The molecule has 1 aromatic heterocycles. The standard InChI is InChI=1S/C12H16ClFN2O.C2HF3O2/c1-3-4-5-9-6-7-10(8(2)15-9)16-12(17)11(13)14;3-2(4,5)1(6)7/h6-7,11H,3-5H2,1-2H3,(H,16,17);(H,6,7). The van der Waals surface area contributed by atoms with Gasteiger partial charge < -0.3 is 10.4 Å². The van der Waals surface area contributed by atoms with Crippen LogP contribution in [0, 0.1) is 6.92 Å². The van der Waals surface area contributed by atoms with Crippen molar-refractivity contribution in [2.24, 2.45) is 0 Å². The molecule has 0 radical (unpaired) electrons. The number of carbonyl (C=O) groups is 2. The highest BCUT2D eigenvalue weighted by Crippen LogP contribution is 2.15. The number of nitrogens with one attached hydrogen (secondary N) is 1. The molecule has 0 spiro atoms. The Hall–Kier alpha value is -1.90. The second-order valence-electron chi connectivity index (χ2n) is 4.63. The van der Waals surface area contributed by atoms with E-state index in [4.69, 9.17) is 21.5 Å². The number of carboxylic acid groups (broad SMARTS) is 1. The number of unbranched alkanes of at least 4 members (excludes halogenated alkanes) is 1. The van der Waals surface area contributed by atoms with E-state index in [-0.39, 0.29) is 0 Å². The lowest BCUT2D eigenvalue weighted by Crippen LogP contribution is -2.21. The normalized spacial score (nSPS) is 12.0. The predicted molar refractivity (Wildman–Crippen MR) is 80.7 cm³/mol. The van der Waals surface area contributed by atoms with E-state index in [2.05, 4.69) is 17.2 Å². The van der Waals surface area contributed by atoms with Gasteiger partial charge in [0, 0.05) is 5.69 Å². The second kappa shape index (κ2) is 10.1. The van der Waals surface area contributed by atoms with Crippen molar-refractivity contribution in [1.29, 1.82) is 0 Å². The van der Waals surface area contributed by atoms with Crippen molar-refractivity contribution in [2.45, 2.75) is 44.9 Å². The lowest BCUT2D eigenvalue weighted by Gasteiger charge is -2.09. The van der Waals surface area contributed by atoms with Crippen LogP contribution in [-0.4, -0.2) is 33.8 Å². The minimum absolute atomic E-state index is 0.499. The van der Waals surface area contributed by atoms with Crippen molar-refractivity contribution in [3.05, 3.63) is 23.5 Å². The molecule has 1 amide bonds. The van der Waals surface area contributed by atoms with Gasteiger partial charge in [0.15, 0.2) is 0 Å². The topological polar surface area (TPSA) is 79.3 Å². The molecule has 24 heavy (non-hydrogen) atoms. The van der Waals surface area contributed by atoms with Gasteiger partial charge in [-0.1, -0.05) is 24.9 Å². The van der Waals surface area contributed by atoms with Gasteiger partial charge in [-0.05, 0) is 31.9 Å². The fourth-order valence-corrected chi connectivity index (χ4v) is 1.48. The van der Waals surface area contributed by atoms with Crippen LogP contribution < -0.4 is 5.32 Å². The number of alkyl halides is 5. The van der Waals surface area contributed by atoms with E-state index in [1.54, 1.807) is 13.0 Å². The van der Waals surface area contributed by atoms with E-state index in [9.17, 15) is 22.4 Å². The molecule has 10 heteroatoms. The average Bonchev–Trinajstić information content (AvgIpc) is 2.47. The molecule has 0 aliphatic carbocycles. The van der Waals surface area contributed by atoms with Gasteiger partial charge in [-0.3, -0.25) is 9.78 Å². The lowest BCUT2D eigenvalue weighted by molar-refractivity contribution is -0.192. The summed E-state index contributed by atoms with van der Waals surface area (Å²) in [6.45, 7) is 3.88. The number of anilines is 1. The van der Waals surface area contributed by atoms with Gasteiger partial charge in [-0.2, -0.15) is 13.2 Å². The highest BCUT2D eigenvalue weighted by molar-refractivity contribution is 6.31. The molecule has 0 fully saturated rings. The maximum Gasteiger partial charge on any atom is 0.490 e. The summed E-state index contributed by atoms with van der Waals surface area (Å²) in [6.07, 6.45) is -1.99. The molecule has 0 bridgehead atoms. The largest absolute Gasteiger partial charge is 0.490 e. The zero-order valence-electron chi connectivity index (χ0n) is 13.0. The molecular formula is C14H17ClF4N2O3. The minimum Gasteiger partial charge on any atom is -0.475 e. The number of carboxylic acids is 1. The number of pyridine rings is 1. The van der Waals surface area contributed by atoms with Crippen LogP contribution in [-0.2, 0) is 16.0 Å². The third kappa shape index (κ3) is 8.66. The van der Waals surface area contributed by atoms with Gasteiger partial charge in [0.1, 0.15) is 0 Å².